The SMILES string of the molecule is CC1=C[C@@]2(CC1)C[C@H](C(C)C)CC[C@H]2C.CC1=C[C@@]2(CC1)C[C@H](C(C)C)CC[C@H]2C.OCCO. The molecule has 0 aromatic carbocycles. The Morgan fingerprint density at radius 1 is 0.706 bits per heavy atom. The van der Waals surface area contributed by atoms with E-state index in [4.69, 9.17) is 10.2 Å². The maximum absolute atomic E-state index is 7.62. The van der Waals surface area contributed by atoms with Crippen molar-refractivity contribution < 1.29 is 10.2 Å². The van der Waals surface area contributed by atoms with Crippen LogP contribution in [0.4, 0.5) is 0 Å². The molecular formula is C32H58O2. The van der Waals surface area contributed by atoms with Crippen LogP contribution in [0, 0.1) is 46.3 Å². The van der Waals surface area contributed by atoms with Crippen molar-refractivity contribution in [3.8, 4) is 0 Å². The van der Waals surface area contributed by atoms with E-state index in [1.165, 1.54) is 64.2 Å². The van der Waals surface area contributed by atoms with Gasteiger partial charge in [-0.2, -0.15) is 0 Å². The second-order valence-corrected chi connectivity index (χ2v) is 13.3. The molecule has 2 fully saturated rings. The first kappa shape index (κ1) is 29.6. The molecule has 0 aromatic heterocycles. The molecule has 0 heterocycles. The number of rotatable bonds is 3. The van der Waals surface area contributed by atoms with E-state index in [0.717, 1.165) is 35.5 Å². The van der Waals surface area contributed by atoms with Crippen molar-refractivity contribution >= 4 is 0 Å². The Labute approximate surface area is 212 Å². The molecule has 0 bridgehead atoms. The highest BCUT2D eigenvalue weighted by molar-refractivity contribution is 5.18. The van der Waals surface area contributed by atoms with Gasteiger partial charge in [-0.1, -0.05) is 64.8 Å². The van der Waals surface area contributed by atoms with E-state index in [2.05, 4.69) is 67.5 Å². The predicted molar refractivity (Wildman–Crippen MR) is 148 cm³/mol. The molecule has 198 valence electrons. The van der Waals surface area contributed by atoms with Gasteiger partial charge in [-0.15, -0.1) is 0 Å². The zero-order valence-electron chi connectivity index (χ0n) is 24.0. The molecule has 2 N–H and O–H groups in total. The van der Waals surface area contributed by atoms with Crippen LogP contribution in [0.5, 0.6) is 0 Å². The molecule has 0 aromatic rings. The number of hydrogen-bond donors (Lipinski definition) is 2. The van der Waals surface area contributed by atoms with Gasteiger partial charge in [0.15, 0.2) is 0 Å². The maximum Gasteiger partial charge on any atom is 0.0662 e. The zero-order chi connectivity index (χ0) is 25.5. The monoisotopic (exact) mass is 474 g/mol. The molecule has 0 saturated heterocycles. The van der Waals surface area contributed by atoms with Crippen molar-refractivity contribution in [2.45, 2.75) is 120 Å². The third-order valence-electron chi connectivity index (χ3n) is 10.2. The molecule has 34 heavy (non-hydrogen) atoms. The molecule has 4 aliphatic rings. The lowest BCUT2D eigenvalue weighted by Gasteiger charge is -2.44. The average molecular weight is 475 g/mol. The van der Waals surface area contributed by atoms with E-state index in [1.807, 2.05) is 0 Å². The number of hydrogen-bond acceptors (Lipinski definition) is 2. The fourth-order valence-electron chi connectivity index (χ4n) is 7.45. The van der Waals surface area contributed by atoms with Crippen LogP contribution in [-0.2, 0) is 0 Å². The molecular weight excluding hydrogens is 416 g/mol. The molecule has 6 atom stereocenters. The first-order valence-corrected chi connectivity index (χ1v) is 14.6. The van der Waals surface area contributed by atoms with Crippen molar-refractivity contribution in [1.29, 1.82) is 0 Å². The summed E-state index contributed by atoms with van der Waals surface area (Å²) >= 11 is 0. The van der Waals surface area contributed by atoms with Gasteiger partial charge < -0.3 is 10.2 Å². The minimum absolute atomic E-state index is 0.125. The van der Waals surface area contributed by atoms with E-state index >= 15 is 0 Å². The quantitative estimate of drug-likeness (QED) is 0.402. The summed E-state index contributed by atoms with van der Waals surface area (Å²) in [7, 11) is 0. The summed E-state index contributed by atoms with van der Waals surface area (Å²) in [6.45, 7) is 19.0. The minimum atomic E-state index is -0.125. The minimum Gasteiger partial charge on any atom is -0.394 e. The first-order chi connectivity index (χ1) is 16.0. The molecule has 2 nitrogen and oxygen atoms in total. The second-order valence-electron chi connectivity index (χ2n) is 13.3. The van der Waals surface area contributed by atoms with E-state index in [9.17, 15) is 0 Å². The van der Waals surface area contributed by atoms with Crippen LogP contribution >= 0.6 is 0 Å². The molecule has 0 aliphatic heterocycles. The highest BCUT2D eigenvalue weighted by Crippen LogP contribution is 2.54. The van der Waals surface area contributed by atoms with Gasteiger partial charge in [0.2, 0.25) is 0 Å². The molecule has 4 aliphatic carbocycles. The van der Waals surface area contributed by atoms with Crippen LogP contribution in [0.2, 0.25) is 0 Å². The molecule has 2 spiro atoms. The van der Waals surface area contributed by atoms with Crippen LogP contribution in [0.25, 0.3) is 0 Å². The molecule has 0 unspecified atom stereocenters. The average Bonchev–Trinajstić information content (AvgIpc) is 3.36. The van der Waals surface area contributed by atoms with Gasteiger partial charge in [0.05, 0.1) is 13.2 Å². The van der Waals surface area contributed by atoms with Gasteiger partial charge in [-0.05, 0) is 124 Å². The van der Waals surface area contributed by atoms with Gasteiger partial charge in [0.25, 0.3) is 0 Å². The Morgan fingerprint density at radius 2 is 1.06 bits per heavy atom. The standard InChI is InChI=1S/2C15H26.C2H6O2/c2*1-11(2)14-6-5-13(4)15(10-14)8-7-12(3)9-15;3-1-2-4/h2*9,11,13-14H,5-8,10H2,1-4H3;3-4H,1-2H2/t2*13-,14-,15+;/m11./s1. The van der Waals surface area contributed by atoms with Gasteiger partial charge in [0, 0.05) is 0 Å². The Kier molecular flexibility index (Phi) is 11.4. The zero-order valence-corrected chi connectivity index (χ0v) is 24.0. The van der Waals surface area contributed by atoms with E-state index in [0.29, 0.717) is 10.8 Å². The summed E-state index contributed by atoms with van der Waals surface area (Å²) in [5.74, 6) is 5.55. The third kappa shape index (κ3) is 7.45. The number of aliphatic hydroxyl groups is 2. The lowest BCUT2D eigenvalue weighted by atomic mass is 9.61. The second kappa shape index (κ2) is 13.1. The van der Waals surface area contributed by atoms with Crippen LogP contribution in [-0.4, -0.2) is 23.4 Å². The van der Waals surface area contributed by atoms with E-state index in [-0.39, 0.29) is 13.2 Å². The smallest absolute Gasteiger partial charge is 0.0662 e. The molecule has 0 amide bonds. The molecule has 4 rings (SSSR count). The van der Waals surface area contributed by atoms with E-state index in [1.54, 1.807) is 11.1 Å². The number of aliphatic hydroxyl groups excluding tert-OH is 2. The lowest BCUT2D eigenvalue weighted by Crippen LogP contribution is -2.34. The summed E-state index contributed by atoms with van der Waals surface area (Å²) in [5, 5.41) is 15.2. The van der Waals surface area contributed by atoms with Gasteiger partial charge in [-0.25, -0.2) is 0 Å². The Hall–Kier alpha value is -0.600. The first-order valence-electron chi connectivity index (χ1n) is 14.6. The fourth-order valence-corrected chi connectivity index (χ4v) is 7.45. The third-order valence-corrected chi connectivity index (χ3v) is 10.2. The van der Waals surface area contributed by atoms with Crippen molar-refractivity contribution in [2.24, 2.45) is 46.3 Å². The predicted octanol–water partition coefficient (Wildman–Crippen LogP) is 8.58. The Morgan fingerprint density at radius 3 is 1.29 bits per heavy atom. The van der Waals surface area contributed by atoms with Crippen molar-refractivity contribution in [2.75, 3.05) is 13.2 Å². The van der Waals surface area contributed by atoms with Crippen molar-refractivity contribution in [1.82, 2.24) is 0 Å². The summed E-state index contributed by atoms with van der Waals surface area (Å²) < 4.78 is 0. The maximum atomic E-state index is 7.62. The summed E-state index contributed by atoms with van der Waals surface area (Å²) in [4.78, 5) is 0. The van der Waals surface area contributed by atoms with Crippen molar-refractivity contribution in [3.63, 3.8) is 0 Å². The summed E-state index contributed by atoms with van der Waals surface area (Å²) in [5.41, 5.74) is 4.48. The van der Waals surface area contributed by atoms with Gasteiger partial charge >= 0.3 is 0 Å². The topological polar surface area (TPSA) is 40.5 Å². The highest BCUT2D eigenvalue weighted by Gasteiger charge is 2.43. The van der Waals surface area contributed by atoms with Crippen LogP contribution in [0.15, 0.2) is 23.3 Å². The van der Waals surface area contributed by atoms with E-state index < -0.39 is 0 Å². The normalized spacial score (nSPS) is 37.3. The summed E-state index contributed by atoms with van der Waals surface area (Å²) in [6.07, 6.45) is 19.6. The van der Waals surface area contributed by atoms with Crippen LogP contribution in [0.1, 0.15) is 120 Å². The summed E-state index contributed by atoms with van der Waals surface area (Å²) in [6, 6.07) is 0. The lowest BCUT2D eigenvalue weighted by molar-refractivity contribution is 0.0941. The highest BCUT2D eigenvalue weighted by atomic mass is 16.3. The number of allylic oxidation sites excluding steroid dienone is 4. The molecule has 0 radical (unpaired) electrons. The van der Waals surface area contributed by atoms with Gasteiger partial charge in [0.1, 0.15) is 0 Å². The van der Waals surface area contributed by atoms with Crippen LogP contribution < -0.4 is 0 Å². The Bertz CT molecular complexity index is 616. The molecule has 2 saturated carbocycles. The molecule has 2 heteroatoms. The van der Waals surface area contributed by atoms with Gasteiger partial charge in [-0.3, -0.25) is 0 Å². The van der Waals surface area contributed by atoms with Crippen LogP contribution in [0.3, 0.4) is 0 Å². The largest absolute Gasteiger partial charge is 0.394 e. The van der Waals surface area contributed by atoms with Crippen molar-refractivity contribution in [3.05, 3.63) is 23.3 Å². The Balaban J connectivity index is 0.000000208. The fraction of sp³-hybridized carbons (Fsp3) is 0.875.